The summed E-state index contributed by atoms with van der Waals surface area (Å²) in [6.07, 6.45) is 7.79. The Morgan fingerprint density at radius 3 is 2.35 bits per heavy atom. The SMILES string of the molecule is O=C(NC1CCN(CC2CCCCC2)CC1)[C@](O)(c1ccccc1)C1CCC(F)(F)C1. The first-order valence-electron chi connectivity index (χ1n) is 12.1. The van der Waals surface area contributed by atoms with Gasteiger partial charge in [-0.3, -0.25) is 4.79 Å². The van der Waals surface area contributed by atoms with E-state index in [0.717, 1.165) is 38.4 Å². The molecule has 2 saturated carbocycles. The average molecular weight is 435 g/mol. The number of halogens is 2. The quantitative estimate of drug-likeness (QED) is 0.695. The van der Waals surface area contributed by atoms with Gasteiger partial charge in [-0.15, -0.1) is 0 Å². The summed E-state index contributed by atoms with van der Waals surface area (Å²) in [5, 5.41) is 14.6. The molecular weight excluding hydrogens is 398 g/mol. The molecule has 0 aromatic heterocycles. The van der Waals surface area contributed by atoms with E-state index >= 15 is 0 Å². The minimum Gasteiger partial charge on any atom is -0.375 e. The van der Waals surface area contributed by atoms with E-state index < -0.39 is 29.8 Å². The molecule has 0 spiro atoms. The monoisotopic (exact) mass is 434 g/mol. The molecule has 2 aliphatic carbocycles. The van der Waals surface area contributed by atoms with Crippen LogP contribution in [-0.2, 0) is 10.4 Å². The molecule has 31 heavy (non-hydrogen) atoms. The standard InChI is InChI=1S/C25H36F2N2O2/c26-24(27)14-11-21(17-24)25(31,20-9-5-2-6-10-20)23(30)28-22-12-15-29(16-13-22)18-19-7-3-1-4-8-19/h2,5-6,9-10,19,21-22,31H,1,3-4,7-8,11-18H2,(H,28,30)/t21?,25-/m0/s1. The van der Waals surface area contributed by atoms with Crippen molar-refractivity contribution in [2.45, 2.75) is 81.8 Å². The van der Waals surface area contributed by atoms with Crippen LogP contribution >= 0.6 is 0 Å². The summed E-state index contributed by atoms with van der Waals surface area (Å²) >= 11 is 0. The summed E-state index contributed by atoms with van der Waals surface area (Å²) in [7, 11) is 0. The number of hydrogen-bond acceptors (Lipinski definition) is 3. The maximum atomic E-state index is 13.9. The van der Waals surface area contributed by atoms with Gasteiger partial charge in [0, 0.05) is 44.4 Å². The lowest BCUT2D eigenvalue weighted by atomic mass is 9.79. The van der Waals surface area contributed by atoms with Crippen molar-refractivity contribution in [2.24, 2.45) is 11.8 Å². The molecule has 1 aliphatic heterocycles. The van der Waals surface area contributed by atoms with Crippen molar-refractivity contribution >= 4 is 5.91 Å². The number of carbonyl (C=O) groups excluding carboxylic acids is 1. The third-order valence-corrected chi connectivity index (χ3v) is 7.72. The van der Waals surface area contributed by atoms with Crippen molar-refractivity contribution in [1.82, 2.24) is 10.2 Å². The van der Waals surface area contributed by atoms with Gasteiger partial charge in [0.25, 0.3) is 5.91 Å². The molecule has 1 heterocycles. The lowest BCUT2D eigenvalue weighted by Crippen LogP contribution is -2.54. The predicted octanol–water partition coefficient (Wildman–Crippen LogP) is 4.47. The molecule has 1 amide bonds. The van der Waals surface area contributed by atoms with Gasteiger partial charge >= 0.3 is 0 Å². The molecule has 172 valence electrons. The Hall–Kier alpha value is -1.53. The highest BCUT2D eigenvalue weighted by molar-refractivity contribution is 5.87. The fourth-order valence-corrected chi connectivity index (χ4v) is 5.84. The molecule has 0 radical (unpaired) electrons. The molecule has 6 heteroatoms. The van der Waals surface area contributed by atoms with Gasteiger partial charge < -0.3 is 15.3 Å². The highest BCUT2D eigenvalue weighted by Crippen LogP contribution is 2.47. The molecule has 1 unspecified atom stereocenters. The summed E-state index contributed by atoms with van der Waals surface area (Å²) in [4.78, 5) is 15.8. The summed E-state index contributed by atoms with van der Waals surface area (Å²) in [6, 6.07) is 8.60. The topological polar surface area (TPSA) is 52.6 Å². The third kappa shape index (κ3) is 5.28. The van der Waals surface area contributed by atoms with Gasteiger partial charge in [0.05, 0.1) is 0 Å². The third-order valence-electron chi connectivity index (χ3n) is 7.72. The summed E-state index contributed by atoms with van der Waals surface area (Å²) in [5.41, 5.74) is -1.51. The second-order valence-corrected chi connectivity index (χ2v) is 9.98. The zero-order valence-electron chi connectivity index (χ0n) is 18.4. The largest absolute Gasteiger partial charge is 0.375 e. The predicted molar refractivity (Wildman–Crippen MR) is 117 cm³/mol. The van der Waals surface area contributed by atoms with Crippen molar-refractivity contribution in [3.63, 3.8) is 0 Å². The van der Waals surface area contributed by atoms with Crippen LogP contribution in [-0.4, -0.2) is 47.5 Å². The number of alkyl halides is 2. The first-order chi connectivity index (χ1) is 14.9. The van der Waals surface area contributed by atoms with E-state index in [1.807, 2.05) is 0 Å². The van der Waals surface area contributed by atoms with E-state index in [1.54, 1.807) is 30.3 Å². The number of nitrogens with one attached hydrogen (secondary N) is 1. The Morgan fingerprint density at radius 1 is 1.06 bits per heavy atom. The molecule has 0 bridgehead atoms. The number of rotatable bonds is 6. The van der Waals surface area contributed by atoms with Crippen molar-refractivity contribution in [3.05, 3.63) is 35.9 Å². The number of amides is 1. The molecule has 2 atom stereocenters. The van der Waals surface area contributed by atoms with Crippen LogP contribution < -0.4 is 5.32 Å². The number of benzene rings is 1. The van der Waals surface area contributed by atoms with Crippen LogP contribution in [0.25, 0.3) is 0 Å². The number of hydrogen-bond donors (Lipinski definition) is 2. The van der Waals surface area contributed by atoms with Crippen LogP contribution in [0.15, 0.2) is 30.3 Å². The minimum atomic E-state index is -2.82. The van der Waals surface area contributed by atoms with Gasteiger partial charge in [-0.05, 0) is 43.6 Å². The first-order valence-corrected chi connectivity index (χ1v) is 12.1. The van der Waals surface area contributed by atoms with Crippen LogP contribution in [0.3, 0.4) is 0 Å². The highest BCUT2D eigenvalue weighted by Gasteiger charge is 2.53. The van der Waals surface area contributed by atoms with Crippen molar-refractivity contribution in [1.29, 1.82) is 0 Å². The molecule has 4 rings (SSSR count). The molecule has 3 fully saturated rings. The van der Waals surface area contributed by atoms with E-state index in [1.165, 1.54) is 32.1 Å². The number of nitrogens with zero attached hydrogens (tertiary/aromatic N) is 1. The second-order valence-electron chi connectivity index (χ2n) is 9.98. The van der Waals surface area contributed by atoms with Crippen LogP contribution in [0, 0.1) is 11.8 Å². The molecular formula is C25H36F2N2O2. The first kappa shape index (κ1) is 22.7. The van der Waals surface area contributed by atoms with E-state index in [4.69, 9.17) is 0 Å². The van der Waals surface area contributed by atoms with Crippen LogP contribution in [0.1, 0.15) is 69.8 Å². The average Bonchev–Trinajstić information content (AvgIpc) is 3.16. The molecule has 1 saturated heterocycles. The Balaban J connectivity index is 1.38. The van der Waals surface area contributed by atoms with Gasteiger partial charge in [-0.1, -0.05) is 49.6 Å². The minimum absolute atomic E-state index is 0.0211. The number of carbonyl (C=O) groups is 1. The zero-order chi connectivity index (χ0) is 21.9. The lowest BCUT2D eigenvalue weighted by molar-refractivity contribution is -0.149. The highest BCUT2D eigenvalue weighted by atomic mass is 19.3. The van der Waals surface area contributed by atoms with E-state index in [9.17, 15) is 18.7 Å². The normalized spacial score (nSPS) is 27.6. The van der Waals surface area contributed by atoms with E-state index in [-0.39, 0.29) is 18.9 Å². The molecule has 1 aromatic rings. The van der Waals surface area contributed by atoms with Crippen LogP contribution in [0.4, 0.5) is 8.78 Å². The maximum absolute atomic E-state index is 13.9. The lowest BCUT2D eigenvalue weighted by Gasteiger charge is -2.38. The Bertz CT molecular complexity index is 730. The van der Waals surface area contributed by atoms with Gasteiger partial charge in [0.2, 0.25) is 5.92 Å². The van der Waals surface area contributed by atoms with Crippen molar-refractivity contribution in [2.75, 3.05) is 19.6 Å². The zero-order valence-corrected chi connectivity index (χ0v) is 18.4. The Morgan fingerprint density at radius 2 is 1.74 bits per heavy atom. The van der Waals surface area contributed by atoms with E-state index in [0.29, 0.717) is 5.56 Å². The fraction of sp³-hybridized carbons (Fsp3) is 0.720. The number of aliphatic hydroxyl groups is 1. The van der Waals surface area contributed by atoms with Gasteiger partial charge in [0.1, 0.15) is 0 Å². The van der Waals surface area contributed by atoms with E-state index in [2.05, 4.69) is 10.2 Å². The van der Waals surface area contributed by atoms with Crippen molar-refractivity contribution < 1.29 is 18.7 Å². The summed E-state index contributed by atoms with van der Waals surface area (Å²) in [6.45, 7) is 3.02. The van der Waals surface area contributed by atoms with Gasteiger partial charge in [-0.2, -0.15) is 0 Å². The Labute approximate surface area is 184 Å². The van der Waals surface area contributed by atoms with Crippen LogP contribution in [0.2, 0.25) is 0 Å². The summed E-state index contributed by atoms with van der Waals surface area (Å²) < 4.78 is 27.9. The maximum Gasteiger partial charge on any atom is 0.257 e. The molecule has 2 N–H and O–H groups in total. The Kier molecular flexibility index (Phi) is 6.97. The van der Waals surface area contributed by atoms with Crippen LogP contribution in [0.5, 0.6) is 0 Å². The summed E-state index contributed by atoms with van der Waals surface area (Å²) in [5.74, 6) is -3.33. The second kappa shape index (κ2) is 9.53. The smallest absolute Gasteiger partial charge is 0.257 e. The molecule has 3 aliphatic rings. The number of likely N-dealkylation sites (tertiary alicyclic amines) is 1. The number of piperidine rings is 1. The van der Waals surface area contributed by atoms with Gasteiger partial charge in [-0.25, -0.2) is 8.78 Å². The molecule has 4 nitrogen and oxygen atoms in total. The van der Waals surface area contributed by atoms with Crippen molar-refractivity contribution in [3.8, 4) is 0 Å². The molecule has 1 aromatic carbocycles. The van der Waals surface area contributed by atoms with Gasteiger partial charge in [0.15, 0.2) is 5.60 Å². The fourth-order valence-electron chi connectivity index (χ4n) is 5.84.